The number of carbonyl (C=O) groups is 1. The predicted molar refractivity (Wildman–Crippen MR) is 96.6 cm³/mol. The van der Waals surface area contributed by atoms with Crippen molar-refractivity contribution in [1.29, 1.82) is 0 Å². The van der Waals surface area contributed by atoms with Gasteiger partial charge in [0, 0.05) is 42.6 Å². The summed E-state index contributed by atoms with van der Waals surface area (Å²) in [5.74, 6) is -0.00959. The molecule has 3 nitrogen and oxygen atoms in total. The summed E-state index contributed by atoms with van der Waals surface area (Å²) in [5.41, 5.74) is 0.530. The Balaban J connectivity index is 1.64. The number of thiophene rings is 1. The first-order chi connectivity index (χ1) is 11.1. The first-order valence-electron chi connectivity index (χ1n) is 7.62. The van der Waals surface area contributed by atoms with E-state index in [2.05, 4.69) is 22.4 Å². The Morgan fingerprint density at radius 3 is 2.74 bits per heavy atom. The third-order valence-corrected chi connectivity index (χ3v) is 5.41. The van der Waals surface area contributed by atoms with Crippen LogP contribution in [0.3, 0.4) is 0 Å². The first-order valence-corrected chi connectivity index (χ1v) is 9.26. The molecule has 23 heavy (non-hydrogen) atoms. The number of halogens is 2. The molecule has 2 aromatic rings. The normalized spacial score (nSPS) is 16.3. The van der Waals surface area contributed by atoms with Gasteiger partial charge in [-0.05, 0) is 36.1 Å². The fraction of sp³-hybridized carbons (Fsp3) is 0.353. The van der Waals surface area contributed by atoms with E-state index in [-0.39, 0.29) is 5.91 Å². The second-order valence-corrected chi connectivity index (χ2v) is 7.50. The molecule has 3 rings (SSSR count). The Bertz CT molecular complexity index is 675. The SMILES string of the molecule is O=C(c1ccc(Cl)cc1Cl)N1CCCN(Cc2cccs2)CC1. The molecule has 6 heteroatoms. The number of carbonyl (C=O) groups excluding carboxylic acids is 1. The smallest absolute Gasteiger partial charge is 0.255 e. The van der Waals surface area contributed by atoms with Crippen molar-refractivity contribution in [2.45, 2.75) is 13.0 Å². The number of rotatable bonds is 3. The molecule has 122 valence electrons. The van der Waals surface area contributed by atoms with Crippen LogP contribution in [0.5, 0.6) is 0 Å². The molecular weight excluding hydrogens is 351 g/mol. The summed E-state index contributed by atoms with van der Waals surface area (Å²) in [4.78, 5) is 18.4. The maximum atomic E-state index is 12.7. The summed E-state index contributed by atoms with van der Waals surface area (Å²) in [7, 11) is 0. The molecule has 1 aliphatic rings. The first kappa shape index (κ1) is 16.8. The minimum Gasteiger partial charge on any atom is -0.337 e. The fourth-order valence-corrected chi connectivity index (χ4v) is 4.02. The van der Waals surface area contributed by atoms with Crippen LogP contribution in [0.2, 0.25) is 10.0 Å². The van der Waals surface area contributed by atoms with Gasteiger partial charge in [-0.3, -0.25) is 9.69 Å². The predicted octanol–water partition coefficient (Wildman–Crippen LogP) is 4.40. The van der Waals surface area contributed by atoms with E-state index in [1.54, 1.807) is 29.5 Å². The van der Waals surface area contributed by atoms with E-state index in [0.717, 1.165) is 39.1 Å². The number of hydrogen-bond donors (Lipinski definition) is 0. The van der Waals surface area contributed by atoms with Crippen LogP contribution in [0.25, 0.3) is 0 Å². The van der Waals surface area contributed by atoms with Crippen molar-refractivity contribution in [2.24, 2.45) is 0 Å². The highest BCUT2D eigenvalue weighted by molar-refractivity contribution is 7.09. The van der Waals surface area contributed by atoms with Crippen molar-refractivity contribution >= 4 is 40.4 Å². The van der Waals surface area contributed by atoms with Gasteiger partial charge in [-0.25, -0.2) is 0 Å². The zero-order valence-corrected chi connectivity index (χ0v) is 15.0. The zero-order chi connectivity index (χ0) is 16.2. The van der Waals surface area contributed by atoms with Crippen LogP contribution >= 0.6 is 34.5 Å². The standard InChI is InChI=1S/C17H18Cl2N2OS/c18-13-4-5-15(16(19)11-13)17(22)21-7-2-6-20(8-9-21)12-14-3-1-10-23-14/h1,3-5,10-11H,2,6-9,12H2. The van der Waals surface area contributed by atoms with Crippen LogP contribution in [0, 0.1) is 0 Å². The molecule has 0 radical (unpaired) electrons. The Morgan fingerprint density at radius 1 is 1.13 bits per heavy atom. The topological polar surface area (TPSA) is 23.6 Å². The van der Waals surface area contributed by atoms with E-state index >= 15 is 0 Å². The molecule has 0 unspecified atom stereocenters. The maximum Gasteiger partial charge on any atom is 0.255 e. The number of benzene rings is 1. The van der Waals surface area contributed by atoms with Crippen LogP contribution in [-0.4, -0.2) is 41.9 Å². The molecule has 2 heterocycles. The second kappa shape index (κ2) is 7.67. The molecule has 0 N–H and O–H groups in total. The monoisotopic (exact) mass is 368 g/mol. The minimum absolute atomic E-state index is 0.00959. The summed E-state index contributed by atoms with van der Waals surface area (Å²) in [5, 5.41) is 3.07. The minimum atomic E-state index is -0.00959. The van der Waals surface area contributed by atoms with E-state index in [1.165, 1.54) is 4.88 Å². The summed E-state index contributed by atoms with van der Waals surface area (Å²) >= 11 is 13.9. The molecule has 0 bridgehead atoms. The molecule has 1 aromatic heterocycles. The van der Waals surface area contributed by atoms with Gasteiger partial charge < -0.3 is 4.90 Å². The van der Waals surface area contributed by atoms with E-state index < -0.39 is 0 Å². The Kier molecular flexibility index (Phi) is 5.59. The molecular formula is C17H18Cl2N2OS. The molecule has 1 fully saturated rings. The highest BCUT2D eigenvalue weighted by Gasteiger charge is 2.22. The van der Waals surface area contributed by atoms with Gasteiger partial charge >= 0.3 is 0 Å². The van der Waals surface area contributed by atoms with Crippen molar-refractivity contribution in [1.82, 2.24) is 9.80 Å². The van der Waals surface area contributed by atoms with E-state index in [9.17, 15) is 4.79 Å². The number of amides is 1. The summed E-state index contributed by atoms with van der Waals surface area (Å²) in [6.07, 6.45) is 0.975. The van der Waals surface area contributed by atoms with Gasteiger partial charge in [0.25, 0.3) is 5.91 Å². The largest absolute Gasteiger partial charge is 0.337 e. The van der Waals surface area contributed by atoms with Crippen LogP contribution in [0.15, 0.2) is 35.7 Å². The Hall–Kier alpha value is -1.07. The van der Waals surface area contributed by atoms with E-state index in [1.807, 2.05) is 4.90 Å². The van der Waals surface area contributed by atoms with Crippen LogP contribution in [-0.2, 0) is 6.54 Å². The van der Waals surface area contributed by atoms with Gasteiger partial charge in [0.15, 0.2) is 0 Å². The molecule has 1 saturated heterocycles. The molecule has 0 saturated carbocycles. The molecule has 0 atom stereocenters. The second-order valence-electron chi connectivity index (χ2n) is 5.63. The Labute approximate surface area is 150 Å². The van der Waals surface area contributed by atoms with Gasteiger partial charge in [-0.2, -0.15) is 0 Å². The van der Waals surface area contributed by atoms with Crippen LogP contribution < -0.4 is 0 Å². The molecule has 1 aromatic carbocycles. The third-order valence-electron chi connectivity index (χ3n) is 4.00. The van der Waals surface area contributed by atoms with Crippen LogP contribution in [0.1, 0.15) is 21.7 Å². The van der Waals surface area contributed by atoms with Crippen molar-refractivity contribution in [3.05, 3.63) is 56.2 Å². The molecule has 1 aliphatic heterocycles. The number of nitrogens with zero attached hydrogens (tertiary/aromatic N) is 2. The van der Waals surface area contributed by atoms with Crippen molar-refractivity contribution in [2.75, 3.05) is 26.2 Å². The van der Waals surface area contributed by atoms with Gasteiger partial charge in [0.2, 0.25) is 0 Å². The highest BCUT2D eigenvalue weighted by Crippen LogP contribution is 2.23. The average Bonchev–Trinajstić information content (AvgIpc) is 2.91. The third kappa shape index (κ3) is 4.27. The average molecular weight is 369 g/mol. The van der Waals surface area contributed by atoms with E-state index in [0.29, 0.717) is 15.6 Å². The molecule has 0 spiro atoms. The van der Waals surface area contributed by atoms with Crippen molar-refractivity contribution in [3.8, 4) is 0 Å². The molecule has 0 aliphatic carbocycles. The lowest BCUT2D eigenvalue weighted by atomic mass is 10.2. The Morgan fingerprint density at radius 2 is 2.00 bits per heavy atom. The highest BCUT2D eigenvalue weighted by atomic mass is 35.5. The van der Waals surface area contributed by atoms with Gasteiger partial charge in [-0.1, -0.05) is 29.3 Å². The van der Waals surface area contributed by atoms with Gasteiger partial charge in [0.05, 0.1) is 10.6 Å². The van der Waals surface area contributed by atoms with E-state index in [4.69, 9.17) is 23.2 Å². The lowest BCUT2D eigenvalue weighted by Crippen LogP contribution is -2.35. The quantitative estimate of drug-likeness (QED) is 0.801. The molecule has 1 amide bonds. The lowest BCUT2D eigenvalue weighted by molar-refractivity contribution is 0.0761. The fourth-order valence-electron chi connectivity index (χ4n) is 2.79. The summed E-state index contributed by atoms with van der Waals surface area (Å²) in [6.45, 7) is 4.34. The van der Waals surface area contributed by atoms with Crippen molar-refractivity contribution in [3.63, 3.8) is 0 Å². The summed E-state index contributed by atoms with van der Waals surface area (Å²) < 4.78 is 0. The van der Waals surface area contributed by atoms with Crippen molar-refractivity contribution < 1.29 is 4.79 Å². The zero-order valence-electron chi connectivity index (χ0n) is 12.7. The maximum absolute atomic E-state index is 12.7. The lowest BCUT2D eigenvalue weighted by Gasteiger charge is -2.22. The summed E-state index contributed by atoms with van der Waals surface area (Å²) in [6, 6.07) is 9.28. The van der Waals surface area contributed by atoms with Gasteiger partial charge in [-0.15, -0.1) is 11.3 Å². The number of hydrogen-bond acceptors (Lipinski definition) is 3. The van der Waals surface area contributed by atoms with Gasteiger partial charge in [0.1, 0.15) is 0 Å². The van der Waals surface area contributed by atoms with Crippen LogP contribution in [0.4, 0.5) is 0 Å².